The zero-order valence-electron chi connectivity index (χ0n) is 10.0. The van der Waals surface area contributed by atoms with Crippen molar-refractivity contribution >= 4 is 0 Å². The van der Waals surface area contributed by atoms with Crippen LogP contribution in [0.4, 0.5) is 0 Å². The summed E-state index contributed by atoms with van der Waals surface area (Å²) < 4.78 is 10.6. The molecule has 18 heavy (non-hydrogen) atoms. The molecule has 5 nitrogen and oxygen atoms in total. The fourth-order valence-electron chi connectivity index (χ4n) is 1.98. The summed E-state index contributed by atoms with van der Waals surface area (Å²) in [4.78, 5) is 4.41. The highest BCUT2D eigenvalue weighted by Crippen LogP contribution is 2.14. The molecule has 94 valence electrons. The average molecular weight is 245 g/mol. The molecule has 0 amide bonds. The van der Waals surface area contributed by atoms with Crippen LogP contribution in [0.15, 0.2) is 34.9 Å². The van der Waals surface area contributed by atoms with Gasteiger partial charge in [-0.25, -0.2) is 0 Å². The topological polar surface area (TPSA) is 60.2 Å². The molecule has 0 spiro atoms. The average Bonchev–Trinajstić information content (AvgIpc) is 2.89. The molecule has 5 heteroatoms. The standard InChI is InChI=1S/C13H15N3O2/c1-2-4-10(5-3-1)8-12-15-13(16-18-12)11-9-17-7-6-14-11/h1-5,11,14H,6-9H2. The van der Waals surface area contributed by atoms with Crippen LogP contribution in [0.25, 0.3) is 0 Å². The van der Waals surface area contributed by atoms with E-state index in [0.717, 1.165) is 13.2 Å². The third-order valence-electron chi connectivity index (χ3n) is 2.92. The Hall–Kier alpha value is -1.72. The van der Waals surface area contributed by atoms with Crippen LogP contribution in [-0.2, 0) is 11.2 Å². The van der Waals surface area contributed by atoms with Crippen molar-refractivity contribution in [3.63, 3.8) is 0 Å². The first-order chi connectivity index (χ1) is 8.92. The van der Waals surface area contributed by atoms with Gasteiger partial charge in [-0.15, -0.1) is 0 Å². The number of aromatic nitrogens is 2. The Bertz CT molecular complexity index is 492. The van der Waals surface area contributed by atoms with Gasteiger partial charge in [-0.2, -0.15) is 4.98 Å². The molecule has 1 unspecified atom stereocenters. The van der Waals surface area contributed by atoms with Crippen molar-refractivity contribution in [3.8, 4) is 0 Å². The van der Waals surface area contributed by atoms with Crippen molar-refractivity contribution in [1.29, 1.82) is 0 Å². The lowest BCUT2D eigenvalue weighted by Gasteiger charge is -2.20. The van der Waals surface area contributed by atoms with Crippen LogP contribution < -0.4 is 5.32 Å². The van der Waals surface area contributed by atoms with E-state index >= 15 is 0 Å². The lowest BCUT2D eigenvalue weighted by atomic mass is 10.1. The van der Waals surface area contributed by atoms with Gasteiger partial charge in [-0.05, 0) is 5.56 Å². The maximum Gasteiger partial charge on any atom is 0.231 e. The minimum atomic E-state index is 0.0482. The van der Waals surface area contributed by atoms with E-state index in [1.165, 1.54) is 5.56 Å². The lowest BCUT2D eigenvalue weighted by molar-refractivity contribution is 0.0734. The molecule has 2 heterocycles. The van der Waals surface area contributed by atoms with Gasteiger partial charge in [-0.1, -0.05) is 35.5 Å². The van der Waals surface area contributed by atoms with Crippen LogP contribution in [0, 0.1) is 0 Å². The highest BCUT2D eigenvalue weighted by molar-refractivity contribution is 5.18. The van der Waals surface area contributed by atoms with Gasteiger partial charge in [-0.3, -0.25) is 0 Å². The number of benzene rings is 1. The molecule has 3 rings (SSSR count). The monoisotopic (exact) mass is 245 g/mol. The van der Waals surface area contributed by atoms with Gasteiger partial charge >= 0.3 is 0 Å². The third-order valence-corrected chi connectivity index (χ3v) is 2.92. The lowest BCUT2D eigenvalue weighted by Crippen LogP contribution is -2.35. The molecule has 0 bridgehead atoms. The Kier molecular flexibility index (Phi) is 3.34. The first kappa shape index (κ1) is 11.4. The summed E-state index contributed by atoms with van der Waals surface area (Å²) in [7, 11) is 0. The van der Waals surface area contributed by atoms with Gasteiger partial charge in [0.25, 0.3) is 0 Å². The summed E-state index contributed by atoms with van der Waals surface area (Å²) in [5.41, 5.74) is 1.17. The summed E-state index contributed by atoms with van der Waals surface area (Å²) in [6, 6.07) is 10.1. The van der Waals surface area contributed by atoms with Crippen LogP contribution in [0.2, 0.25) is 0 Å². The molecule has 0 aliphatic carbocycles. The fourth-order valence-corrected chi connectivity index (χ4v) is 1.98. The predicted molar refractivity (Wildman–Crippen MR) is 65.1 cm³/mol. The second kappa shape index (κ2) is 5.29. The molecule has 2 aromatic rings. The van der Waals surface area contributed by atoms with Gasteiger partial charge in [0.2, 0.25) is 5.89 Å². The van der Waals surface area contributed by atoms with Crippen LogP contribution in [0.3, 0.4) is 0 Å². The molecule has 1 fully saturated rings. The van der Waals surface area contributed by atoms with Crippen LogP contribution in [0.5, 0.6) is 0 Å². The molecular weight excluding hydrogens is 230 g/mol. The molecule has 1 aromatic carbocycles. The Morgan fingerprint density at radius 1 is 1.28 bits per heavy atom. The predicted octanol–water partition coefficient (Wildman–Crippen LogP) is 1.32. The van der Waals surface area contributed by atoms with E-state index in [0.29, 0.717) is 24.7 Å². The molecule has 0 radical (unpaired) electrons. The van der Waals surface area contributed by atoms with E-state index in [1.807, 2.05) is 30.3 Å². The van der Waals surface area contributed by atoms with Crippen molar-refractivity contribution < 1.29 is 9.26 Å². The summed E-state index contributed by atoms with van der Waals surface area (Å²) in [5, 5.41) is 7.31. The summed E-state index contributed by atoms with van der Waals surface area (Å²) in [6.45, 7) is 2.17. The summed E-state index contributed by atoms with van der Waals surface area (Å²) in [5.74, 6) is 1.32. The molecule has 1 aromatic heterocycles. The Balaban J connectivity index is 1.69. The van der Waals surface area contributed by atoms with Gasteiger partial charge < -0.3 is 14.6 Å². The minimum Gasteiger partial charge on any atom is -0.378 e. The minimum absolute atomic E-state index is 0.0482. The molecule has 0 saturated carbocycles. The number of morpholine rings is 1. The van der Waals surface area contributed by atoms with Gasteiger partial charge in [0.05, 0.1) is 25.7 Å². The van der Waals surface area contributed by atoms with E-state index in [9.17, 15) is 0 Å². The summed E-state index contributed by atoms with van der Waals surface area (Å²) >= 11 is 0. The zero-order valence-corrected chi connectivity index (χ0v) is 10.0. The van der Waals surface area contributed by atoms with Crippen molar-refractivity contribution in [1.82, 2.24) is 15.5 Å². The molecule has 1 saturated heterocycles. The Morgan fingerprint density at radius 2 is 2.17 bits per heavy atom. The number of hydrogen-bond acceptors (Lipinski definition) is 5. The van der Waals surface area contributed by atoms with E-state index < -0.39 is 0 Å². The van der Waals surface area contributed by atoms with Crippen LogP contribution in [-0.4, -0.2) is 29.9 Å². The zero-order chi connectivity index (χ0) is 12.2. The van der Waals surface area contributed by atoms with E-state index in [1.54, 1.807) is 0 Å². The van der Waals surface area contributed by atoms with Gasteiger partial charge in [0.1, 0.15) is 0 Å². The molecule has 1 aliphatic heterocycles. The molecule has 1 N–H and O–H groups in total. The summed E-state index contributed by atoms with van der Waals surface area (Å²) in [6.07, 6.45) is 0.668. The van der Waals surface area contributed by atoms with Crippen molar-refractivity contribution in [2.75, 3.05) is 19.8 Å². The first-order valence-electron chi connectivity index (χ1n) is 6.09. The van der Waals surface area contributed by atoms with Crippen molar-refractivity contribution in [3.05, 3.63) is 47.6 Å². The second-order valence-corrected chi connectivity index (χ2v) is 4.29. The Labute approximate surface area is 105 Å². The Morgan fingerprint density at radius 3 is 2.94 bits per heavy atom. The molecule has 1 atom stereocenters. The van der Waals surface area contributed by atoms with E-state index in [2.05, 4.69) is 15.5 Å². The largest absolute Gasteiger partial charge is 0.378 e. The number of rotatable bonds is 3. The molecule has 1 aliphatic rings. The SMILES string of the molecule is c1ccc(Cc2nc(C3COCCN3)no2)cc1. The molecular formula is C13H15N3O2. The van der Waals surface area contributed by atoms with Crippen LogP contribution in [0.1, 0.15) is 23.3 Å². The number of nitrogens with zero attached hydrogens (tertiary/aromatic N) is 2. The van der Waals surface area contributed by atoms with E-state index in [-0.39, 0.29) is 6.04 Å². The number of nitrogens with one attached hydrogen (secondary N) is 1. The van der Waals surface area contributed by atoms with E-state index in [4.69, 9.17) is 9.26 Å². The number of hydrogen-bond donors (Lipinski definition) is 1. The quantitative estimate of drug-likeness (QED) is 0.883. The maximum atomic E-state index is 5.38. The number of ether oxygens (including phenoxy) is 1. The van der Waals surface area contributed by atoms with Crippen LogP contribution >= 0.6 is 0 Å². The van der Waals surface area contributed by atoms with Gasteiger partial charge in [0, 0.05) is 6.54 Å². The van der Waals surface area contributed by atoms with Crippen molar-refractivity contribution in [2.24, 2.45) is 0 Å². The van der Waals surface area contributed by atoms with Gasteiger partial charge in [0.15, 0.2) is 5.82 Å². The maximum absolute atomic E-state index is 5.38. The fraction of sp³-hybridized carbons (Fsp3) is 0.385. The highest BCUT2D eigenvalue weighted by Gasteiger charge is 2.20. The first-order valence-corrected chi connectivity index (χ1v) is 6.09. The van der Waals surface area contributed by atoms with Crippen molar-refractivity contribution in [2.45, 2.75) is 12.5 Å². The normalized spacial score (nSPS) is 19.9. The smallest absolute Gasteiger partial charge is 0.231 e. The second-order valence-electron chi connectivity index (χ2n) is 4.29. The highest BCUT2D eigenvalue weighted by atomic mass is 16.5. The third kappa shape index (κ3) is 2.57.